The van der Waals surface area contributed by atoms with Crippen LogP contribution in [0.15, 0.2) is 0 Å². The van der Waals surface area contributed by atoms with Gasteiger partial charge >= 0.3 is 5.97 Å². The van der Waals surface area contributed by atoms with Gasteiger partial charge in [-0.15, -0.1) is 0 Å². The van der Waals surface area contributed by atoms with Gasteiger partial charge in [-0.25, -0.2) is 0 Å². The van der Waals surface area contributed by atoms with E-state index in [4.69, 9.17) is 0 Å². The molecule has 0 saturated carbocycles. The van der Waals surface area contributed by atoms with Crippen molar-refractivity contribution in [1.82, 2.24) is 5.32 Å². The fourth-order valence-corrected chi connectivity index (χ4v) is 0.766. The Labute approximate surface area is 78.6 Å². The first kappa shape index (κ1) is 11.9. The predicted octanol–water partition coefficient (Wildman–Crippen LogP) is 0.712. The van der Waals surface area contributed by atoms with Gasteiger partial charge in [0.25, 0.3) is 0 Å². The van der Waals surface area contributed by atoms with Crippen LogP contribution in [0.1, 0.15) is 26.7 Å². The molecule has 0 aromatic heterocycles. The maximum Gasteiger partial charge on any atom is 0.315 e. The summed E-state index contributed by atoms with van der Waals surface area (Å²) in [6.07, 6.45) is 0.738. The van der Waals surface area contributed by atoms with Gasteiger partial charge in [0.15, 0.2) is 0 Å². The highest BCUT2D eigenvalue weighted by Crippen LogP contribution is 1.96. The van der Waals surface area contributed by atoms with Crippen molar-refractivity contribution in [2.75, 3.05) is 13.7 Å². The van der Waals surface area contributed by atoms with Crippen LogP contribution in [0.3, 0.4) is 0 Å². The molecule has 0 rings (SSSR count). The Hall–Kier alpha value is -1.06. The van der Waals surface area contributed by atoms with Gasteiger partial charge in [0.2, 0.25) is 5.91 Å². The summed E-state index contributed by atoms with van der Waals surface area (Å²) in [5.74, 6) is -0.215. The number of carbonyl (C=O) groups excluding carboxylic acids is 2. The van der Waals surface area contributed by atoms with Gasteiger partial charge in [-0.3, -0.25) is 9.59 Å². The summed E-state index contributed by atoms with van der Waals surface area (Å²) in [5, 5.41) is 2.64. The molecule has 0 saturated heterocycles. The van der Waals surface area contributed by atoms with Crippen LogP contribution in [0.25, 0.3) is 0 Å². The Kier molecular flexibility index (Phi) is 5.93. The molecule has 4 nitrogen and oxygen atoms in total. The smallest absolute Gasteiger partial charge is 0.315 e. The van der Waals surface area contributed by atoms with Gasteiger partial charge < -0.3 is 10.1 Å². The van der Waals surface area contributed by atoms with Gasteiger partial charge in [0, 0.05) is 6.54 Å². The molecule has 0 aliphatic rings. The molecule has 0 bridgehead atoms. The molecule has 0 spiro atoms. The van der Waals surface area contributed by atoms with E-state index in [-0.39, 0.29) is 12.3 Å². The minimum Gasteiger partial charge on any atom is -0.469 e. The number of carbonyl (C=O) groups is 2. The van der Waals surface area contributed by atoms with Crippen LogP contribution in [0.5, 0.6) is 0 Å². The zero-order valence-corrected chi connectivity index (χ0v) is 8.42. The third kappa shape index (κ3) is 7.31. The lowest BCUT2D eigenvalue weighted by atomic mass is 10.1. The van der Waals surface area contributed by atoms with Crippen LogP contribution in [0.4, 0.5) is 0 Å². The highest BCUT2D eigenvalue weighted by Gasteiger charge is 2.08. The molecule has 0 aromatic rings. The number of hydrogen-bond acceptors (Lipinski definition) is 3. The molecule has 76 valence electrons. The van der Waals surface area contributed by atoms with Crippen molar-refractivity contribution in [1.29, 1.82) is 0 Å². The molecule has 0 radical (unpaired) electrons. The van der Waals surface area contributed by atoms with Gasteiger partial charge in [-0.05, 0) is 12.3 Å². The van der Waals surface area contributed by atoms with E-state index in [1.807, 2.05) is 0 Å². The lowest BCUT2D eigenvalue weighted by Gasteiger charge is -2.05. The first-order valence-corrected chi connectivity index (χ1v) is 4.39. The second-order valence-electron chi connectivity index (χ2n) is 3.29. The molecule has 0 aliphatic carbocycles. The zero-order chi connectivity index (χ0) is 10.3. The van der Waals surface area contributed by atoms with E-state index in [2.05, 4.69) is 23.9 Å². The summed E-state index contributed by atoms with van der Waals surface area (Å²) in [7, 11) is 1.27. The summed E-state index contributed by atoms with van der Waals surface area (Å²) < 4.78 is 4.35. The lowest BCUT2D eigenvalue weighted by molar-refractivity contribution is -0.143. The van der Waals surface area contributed by atoms with Crippen molar-refractivity contribution in [3.05, 3.63) is 0 Å². The van der Waals surface area contributed by atoms with Crippen LogP contribution < -0.4 is 5.32 Å². The second-order valence-corrected chi connectivity index (χ2v) is 3.29. The number of ether oxygens (including phenoxy) is 1. The van der Waals surface area contributed by atoms with Crippen LogP contribution in [0, 0.1) is 5.92 Å². The molecule has 13 heavy (non-hydrogen) atoms. The summed E-state index contributed by atoms with van der Waals surface area (Å²) in [6.45, 7) is 4.77. The Morgan fingerprint density at radius 3 is 2.46 bits per heavy atom. The molecule has 4 heteroatoms. The minimum atomic E-state index is -0.498. The number of amides is 1. The topological polar surface area (TPSA) is 55.4 Å². The van der Waals surface area contributed by atoms with E-state index in [1.165, 1.54) is 7.11 Å². The normalized spacial score (nSPS) is 9.85. The first-order chi connectivity index (χ1) is 6.06. The quantitative estimate of drug-likeness (QED) is 0.509. The minimum absolute atomic E-state index is 0.186. The zero-order valence-electron chi connectivity index (χ0n) is 8.42. The summed E-state index contributed by atoms with van der Waals surface area (Å²) >= 11 is 0. The summed E-state index contributed by atoms with van der Waals surface area (Å²) in [4.78, 5) is 21.6. The van der Waals surface area contributed by atoms with E-state index in [0.29, 0.717) is 12.5 Å². The Morgan fingerprint density at radius 1 is 1.38 bits per heavy atom. The molecule has 1 N–H and O–H groups in total. The summed E-state index contributed by atoms with van der Waals surface area (Å²) in [5.41, 5.74) is 0. The van der Waals surface area contributed by atoms with Gasteiger partial charge in [0.05, 0.1) is 7.11 Å². The fraction of sp³-hybridized carbons (Fsp3) is 0.778. The number of rotatable bonds is 5. The number of esters is 1. The number of methoxy groups -OCH3 is 1. The molecular weight excluding hydrogens is 170 g/mol. The highest BCUT2D eigenvalue weighted by molar-refractivity contribution is 5.94. The molecule has 0 unspecified atom stereocenters. The van der Waals surface area contributed by atoms with Crippen LogP contribution >= 0.6 is 0 Å². The summed E-state index contributed by atoms with van der Waals surface area (Å²) in [6, 6.07) is 0. The average molecular weight is 187 g/mol. The molecule has 0 aliphatic heterocycles. The standard InChI is InChI=1S/C9H17NO3/c1-7(2)4-5-10-8(11)6-9(12)13-3/h7H,4-6H2,1-3H3,(H,10,11). The van der Waals surface area contributed by atoms with Crippen LogP contribution in [-0.2, 0) is 14.3 Å². The fourth-order valence-electron chi connectivity index (χ4n) is 0.766. The van der Waals surface area contributed by atoms with Crippen molar-refractivity contribution in [2.24, 2.45) is 5.92 Å². The Balaban J connectivity index is 3.46. The number of hydrogen-bond donors (Lipinski definition) is 1. The van der Waals surface area contributed by atoms with Gasteiger partial charge in [0.1, 0.15) is 6.42 Å². The molecule has 0 fully saturated rings. The highest BCUT2D eigenvalue weighted by atomic mass is 16.5. The van der Waals surface area contributed by atoms with E-state index in [9.17, 15) is 9.59 Å². The van der Waals surface area contributed by atoms with E-state index in [0.717, 1.165) is 6.42 Å². The molecule has 0 aromatic carbocycles. The Morgan fingerprint density at radius 2 is 2.00 bits per heavy atom. The number of nitrogens with one attached hydrogen (secondary N) is 1. The van der Waals surface area contributed by atoms with Crippen molar-refractivity contribution in [2.45, 2.75) is 26.7 Å². The van der Waals surface area contributed by atoms with E-state index in [1.54, 1.807) is 0 Å². The van der Waals surface area contributed by atoms with Crippen molar-refractivity contribution in [3.63, 3.8) is 0 Å². The molecule has 0 heterocycles. The predicted molar refractivity (Wildman–Crippen MR) is 49.1 cm³/mol. The second kappa shape index (κ2) is 6.46. The maximum absolute atomic E-state index is 11.0. The molecular formula is C9H17NO3. The lowest BCUT2D eigenvalue weighted by Crippen LogP contribution is -2.27. The average Bonchev–Trinajstić information content (AvgIpc) is 2.03. The molecule has 0 atom stereocenters. The van der Waals surface area contributed by atoms with Crippen LogP contribution in [-0.4, -0.2) is 25.5 Å². The van der Waals surface area contributed by atoms with Crippen LogP contribution in [0.2, 0.25) is 0 Å². The Bertz CT molecular complexity index is 178. The van der Waals surface area contributed by atoms with Gasteiger partial charge in [-0.1, -0.05) is 13.8 Å². The van der Waals surface area contributed by atoms with Crippen molar-refractivity contribution in [3.8, 4) is 0 Å². The third-order valence-electron chi connectivity index (χ3n) is 1.58. The van der Waals surface area contributed by atoms with E-state index < -0.39 is 5.97 Å². The maximum atomic E-state index is 11.0. The first-order valence-electron chi connectivity index (χ1n) is 4.39. The third-order valence-corrected chi connectivity index (χ3v) is 1.58. The SMILES string of the molecule is COC(=O)CC(=O)NCCC(C)C. The van der Waals surface area contributed by atoms with E-state index >= 15 is 0 Å². The monoisotopic (exact) mass is 187 g/mol. The van der Waals surface area contributed by atoms with Gasteiger partial charge in [-0.2, -0.15) is 0 Å². The largest absolute Gasteiger partial charge is 0.469 e. The molecule has 1 amide bonds. The van der Waals surface area contributed by atoms with Crippen molar-refractivity contribution >= 4 is 11.9 Å². The van der Waals surface area contributed by atoms with Crippen molar-refractivity contribution < 1.29 is 14.3 Å².